The molecule has 1 aromatic rings. The van der Waals surface area contributed by atoms with E-state index in [0.717, 1.165) is 5.69 Å². The van der Waals surface area contributed by atoms with Gasteiger partial charge in [0, 0.05) is 26.8 Å². The highest BCUT2D eigenvalue weighted by molar-refractivity contribution is 5.41. The van der Waals surface area contributed by atoms with Crippen molar-refractivity contribution in [2.24, 2.45) is 0 Å². The smallest absolute Gasteiger partial charge is 0.268 e. The van der Waals surface area contributed by atoms with E-state index in [2.05, 4.69) is 5.10 Å². The minimum absolute atomic E-state index is 0.204. The third-order valence-corrected chi connectivity index (χ3v) is 2.78. The van der Waals surface area contributed by atoms with Crippen molar-refractivity contribution in [1.29, 1.82) is 0 Å². The number of anilines is 1. The normalized spacial score (nSPS) is 12.4. The van der Waals surface area contributed by atoms with Gasteiger partial charge < -0.3 is 14.7 Å². The van der Waals surface area contributed by atoms with Gasteiger partial charge in [-0.05, 0) is 6.42 Å². The van der Waals surface area contributed by atoms with Crippen LogP contribution >= 0.6 is 0 Å². The quantitative estimate of drug-likeness (QED) is 0.748. The second kappa shape index (κ2) is 7.13. The van der Waals surface area contributed by atoms with E-state index in [0.29, 0.717) is 19.6 Å². The lowest BCUT2D eigenvalue weighted by molar-refractivity contribution is 0.143. The standard InChI is InChI=1S/C12H21N3O3/c1-4-11(16)9-15-12(17)7-10(8-13-15)14(2)5-6-18-3/h7-8,11,16H,4-6,9H2,1-3H3. The highest BCUT2D eigenvalue weighted by Crippen LogP contribution is 2.06. The number of hydrogen-bond donors (Lipinski definition) is 1. The van der Waals surface area contributed by atoms with Gasteiger partial charge in [-0.15, -0.1) is 0 Å². The van der Waals surface area contributed by atoms with Crippen molar-refractivity contribution in [3.8, 4) is 0 Å². The van der Waals surface area contributed by atoms with Crippen molar-refractivity contribution in [2.75, 3.05) is 32.2 Å². The van der Waals surface area contributed by atoms with E-state index in [-0.39, 0.29) is 12.1 Å². The molecule has 1 N–H and O–H groups in total. The van der Waals surface area contributed by atoms with Crippen molar-refractivity contribution >= 4 is 5.69 Å². The second-order valence-electron chi connectivity index (χ2n) is 4.21. The summed E-state index contributed by atoms with van der Waals surface area (Å²) in [6, 6.07) is 1.52. The number of aliphatic hydroxyl groups excluding tert-OH is 1. The van der Waals surface area contributed by atoms with Crippen molar-refractivity contribution in [1.82, 2.24) is 9.78 Å². The van der Waals surface area contributed by atoms with Crippen LogP contribution in [0.15, 0.2) is 17.1 Å². The van der Waals surface area contributed by atoms with Gasteiger partial charge in [-0.3, -0.25) is 4.79 Å². The zero-order valence-corrected chi connectivity index (χ0v) is 11.2. The number of methoxy groups -OCH3 is 1. The van der Waals surface area contributed by atoms with Gasteiger partial charge in [-0.2, -0.15) is 5.10 Å². The molecule has 0 aromatic carbocycles. The molecule has 1 atom stereocenters. The number of likely N-dealkylation sites (N-methyl/N-ethyl adjacent to an activating group) is 1. The van der Waals surface area contributed by atoms with E-state index in [4.69, 9.17) is 4.74 Å². The number of aliphatic hydroxyl groups is 1. The Morgan fingerprint density at radius 2 is 2.33 bits per heavy atom. The lowest BCUT2D eigenvalue weighted by Crippen LogP contribution is -2.30. The van der Waals surface area contributed by atoms with Crippen molar-refractivity contribution in [3.63, 3.8) is 0 Å². The first kappa shape index (κ1) is 14.7. The summed E-state index contributed by atoms with van der Waals surface area (Å²) in [7, 11) is 3.51. The maximum atomic E-state index is 11.8. The number of ether oxygens (including phenoxy) is 1. The van der Waals surface area contributed by atoms with Gasteiger partial charge in [-0.1, -0.05) is 6.92 Å². The van der Waals surface area contributed by atoms with Crippen LogP contribution in [0.2, 0.25) is 0 Å². The largest absolute Gasteiger partial charge is 0.391 e. The first-order valence-electron chi connectivity index (χ1n) is 6.03. The van der Waals surface area contributed by atoms with E-state index in [1.807, 2.05) is 18.9 Å². The molecule has 0 aliphatic carbocycles. The summed E-state index contributed by atoms with van der Waals surface area (Å²) in [5.41, 5.74) is 0.545. The lowest BCUT2D eigenvalue weighted by atomic mass is 10.3. The van der Waals surface area contributed by atoms with Crippen molar-refractivity contribution in [2.45, 2.75) is 26.0 Å². The highest BCUT2D eigenvalue weighted by Gasteiger charge is 2.07. The predicted molar refractivity (Wildman–Crippen MR) is 69.9 cm³/mol. The molecule has 1 aromatic heterocycles. The topological polar surface area (TPSA) is 67.6 Å². The third kappa shape index (κ3) is 4.12. The molecule has 0 saturated heterocycles. The molecule has 0 amide bonds. The van der Waals surface area contributed by atoms with Gasteiger partial charge in [0.1, 0.15) is 0 Å². The molecule has 0 spiro atoms. The number of hydrogen-bond acceptors (Lipinski definition) is 5. The van der Waals surface area contributed by atoms with E-state index in [9.17, 15) is 9.90 Å². The van der Waals surface area contributed by atoms with Crippen LogP contribution in [0.3, 0.4) is 0 Å². The Hall–Kier alpha value is -1.40. The number of nitrogens with zero attached hydrogens (tertiary/aromatic N) is 3. The fourth-order valence-electron chi connectivity index (χ4n) is 1.46. The van der Waals surface area contributed by atoms with Gasteiger partial charge in [-0.25, -0.2) is 4.68 Å². The Balaban J connectivity index is 2.75. The average molecular weight is 255 g/mol. The molecule has 0 aliphatic rings. The van der Waals surface area contributed by atoms with E-state index >= 15 is 0 Å². The van der Waals surface area contributed by atoms with Crippen LogP contribution in [0.25, 0.3) is 0 Å². The Labute approximate surface area is 107 Å². The van der Waals surface area contributed by atoms with Crippen LogP contribution in [-0.2, 0) is 11.3 Å². The van der Waals surface area contributed by atoms with Crippen LogP contribution in [-0.4, -0.2) is 48.3 Å². The zero-order chi connectivity index (χ0) is 13.5. The Morgan fingerprint density at radius 3 is 2.89 bits per heavy atom. The molecule has 18 heavy (non-hydrogen) atoms. The molecule has 1 rings (SSSR count). The minimum Gasteiger partial charge on any atom is -0.391 e. The Morgan fingerprint density at radius 1 is 1.61 bits per heavy atom. The van der Waals surface area contributed by atoms with Crippen molar-refractivity contribution < 1.29 is 9.84 Å². The first-order chi connectivity index (χ1) is 8.58. The van der Waals surface area contributed by atoms with E-state index < -0.39 is 6.10 Å². The van der Waals surface area contributed by atoms with Crippen LogP contribution in [0.5, 0.6) is 0 Å². The zero-order valence-electron chi connectivity index (χ0n) is 11.2. The van der Waals surface area contributed by atoms with Gasteiger partial charge >= 0.3 is 0 Å². The molecule has 6 nitrogen and oxygen atoms in total. The summed E-state index contributed by atoms with van der Waals surface area (Å²) >= 11 is 0. The summed E-state index contributed by atoms with van der Waals surface area (Å²) in [6.45, 7) is 3.38. The second-order valence-corrected chi connectivity index (χ2v) is 4.21. The van der Waals surface area contributed by atoms with Crippen LogP contribution in [0.4, 0.5) is 5.69 Å². The van der Waals surface area contributed by atoms with Gasteiger partial charge in [0.05, 0.1) is 31.1 Å². The first-order valence-corrected chi connectivity index (χ1v) is 6.03. The van der Waals surface area contributed by atoms with Crippen LogP contribution in [0.1, 0.15) is 13.3 Å². The molecule has 102 valence electrons. The monoisotopic (exact) mass is 255 g/mol. The van der Waals surface area contributed by atoms with Gasteiger partial charge in [0.2, 0.25) is 0 Å². The molecule has 0 radical (unpaired) electrons. The van der Waals surface area contributed by atoms with Gasteiger partial charge in [0.25, 0.3) is 5.56 Å². The Bertz CT molecular complexity index is 419. The van der Waals surface area contributed by atoms with E-state index in [1.54, 1.807) is 13.3 Å². The number of rotatable bonds is 7. The summed E-state index contributed by atoms with van der Waals surface area (Å²) in [6.07, 6.45) is 1.69. The predicted octanol–water partition coefficient (Wildman–Crippen LogP) is 0.0968. The molecule has 0 saturated carbocycles. The molecule has 6 heteroatoms. The van der Waals surface area contributed by atoms with E-state index in [1.165, 1.54) is 10.7 Å². The highest BCUT2D eigenvalue weighted by atomic mass is 16.5. The van der Waals surface area contributed by atoms with Crippen molar-refractivity contribution in [3.05, 3.63) is 22.6 Å². The molecular formula is C12H21N3O3. The molecular weight excluding hydrogens is 234 g/mol. The Kier molecular flexibility index (Phi) is 5.80. The molecule has 0 aliphatic heterocycles. The fourth-order valence-corrected chi connectivity index (χ4v) is 1.46. The number of aromatic nitrogens is 2. The third-order valence-electron chi connectivity index (χ3n) is 2.78. The fraction of sp³-hybridized carbons (Fsp3) is 0.667. The molecule has 1 heterocycles. The summed E-state index contributed by atoms with van der Waals surface area (Å²) < 4.78 is 6.26. The SMILES string of the molecule is CCC(O)Cn1ncc(N(C)CCOC)cc1=O. The summed E-state index contributed by atoms with van der Waals surface area (Å²) in [5, 5.41) is 13.6. The maximum absolute atomic E-state index is 11.8. The van der Waals surface area contributed by atoms with Gasteiger partial charge in [0.15, 0.2) is 0 Å². The van der Waals surface area contributed by atoms with Crippen LogP contribution in [0, 0.1) is 0 Å². The minimum atomic E-state index is -0.535. The van der Waals surface area contributed by atoms with Crippen LogP contribution < -0.4 is 10.5 Å². The maximum Gasteiger partial charge on any atom is 0.268 e. The summed E-state index contributed by atoms with van der Waals surface area (Å²) in [4.78, 5) is 13.7. The molecule has 1 unspecified atom stereocenters. The molecule has 0 fully saturated rings. The average Bonchev–Trinajstić information content (AvgIpc) is 2.38. The molecule has 0 bridgehead atoms. The summed E-state index contributed by atoms with van der Waals surface area (Å²) in [5.74, 6) is 0. The lowest BCUT2D eigenvalue weighted by Gasteiger charge is -2.18.